The van der Waals surface area contributed by atoms with E-state index < -0.39 is 39.0 Å². The van der Waals surface area contributed by atoms with Crippen molar-refractivity contribution in [3.8, 4) is 11.8 Å². The SMILES string of the molecule is CS(=O)(=O)c1ccc(Cc2cc3c(cc2F)[C@@](C#CC2CC2)(C(F)(F)F)NC(=O)N3)cc1. The maximum Gasteiger partial charge on any atom is 0.427 e. The normalized spacial score (nSPS) is 20.5. The molecule has 2 aromatic rings. The second-order valence-electron chi connectivity index (χ2n) is 7.95. The van der Waals surface area contributed by atoms with Gasteiger partial charge in [0.05, 0.1) is 4.90 Å². The van der Waals surface area contributed by atoms with Gasteiger partial charge in [0.2, 0.25) is 5.54 Å². The molecule has 0 unspecified atom stereocenters. The summed E-state index contributed by atoms with van der Waals surface area (Å²) in [5.41, 5.74) is -3.10. The van der Waals surface area contributed by atoms with Crippen molar-refractivity contribution in [2.75, 3.05) is 11.6 Å². The number of rotatable bonds is 3. The van der Waals surface area contributed by atoms with Crippen LogP contribution in [0, 0.1) is 23.6 Å². The summed E-state index contributed by atoms with van der Waals surface area (Å²) < 4.78 is 80.4. The van der Waals surface area contributed by atoms with Crippen LogP contribution in [0.5, 0.6) is 0 Å². The number of alkyl halides is 3. The number of sulfone groups is 1. The van der Waals surface area contributed by atoms with E-state index in [-0.39, 0.29) is 28.5 Å². The van der Waals surface area contributed by atoms with Crippen LogP contribution in [0.15, 0.2) is 41.3 Å². The Kier molecular flexibility index (Phi) is 5.20. The Morgan fingerprint density at radius 2 is 1.81 bits per heavy atom. The van der Waals surface area contributed by atoms with Crippen molar-refractivity contribution in [2.45, 2.75) is 35.9 Å². The van der Waals surface area contributed by atoms with Crippen molar-refractivity contribution in [3.05, 3.63) is 58.9 Å². The molecule has 4 rings (SSSR count). The summed E-state index contributed by atoms with van der Waals surface area (Å²) in [4.78, 5) is 12.2. The molecule has 1 saturated carbocycles. The molecule has 168 valence electrons. The molecule has 10 heteroatoms. The highest BCUT2D eigenvalue weighted by atomic mass is 32.2. The lowest BCUT2D eigenvalue weighted by Gasteiger charge is -2.37. The topological polar surface area (TPSA) is 75.3 Å². The first kappa shape index (κ1) is 22.1. The van der Waals surface area contributed by atoms with E-state index >= 15 is 0 Å². The van der Waals surface area contributed by atoms with Gasteiger partial charge in [-0.3, -0.25) is 0 Å². The van der Waals surface area contributed by atoms with Crippen LogP contribution < -0.4 is 10.6 Å². The molecule has 1 atom stereocenters. The van der Waals surface area contributed by atoms with Crippen LogP contribution >= 0.6 is 0 Å². The van der Waals surface area contributed by atoms with Crippen LogP contribution in [0.3, 0.4) is 0 Å². The van der Waals surface area contributed by atoms with E-state index in [1.54, 1.807) is 0 Å². The number of carbonyl (C=O) groups is 1. The van der Waals surface area contributed by atoms with Gasteiger partial charge in [0.25, 0.3) is 0 Å². The fourth-order valence-corrected chi connectivity index (χ4v) is 4.09. The van der Waals surface area contributed by atoms with E-state index in [1.807, 2.05) is 5.32 Å². The Balaban J connectivity index is 1.75. The number of benzene rings is 2. The summed E-state index contributed by atoms with van der Waals surface area (Å²) in [5, 5.41) is 4.16. The molecule has 1 aliphatic heterocycles. The van der Waals surface area contributed by atoms with Gasteiger partial charge in [-0.2, -0.15) is 13.2 Å². The third-order valence-electron chi connectivity index (χ3n) is 5.35. The van der Waals surface area contributed by atoms with E-state index in [9.17, 15) is 30.8 Å². The minimum atomic E-state index is -4.98. The zero-order chi connectivity index (χ0) is 23.3. The number of anilines is 1. The van der Waals surface area contributed by atoms with Gasteiger partial charge in [0.15, 0.2) is 9.84 Å². The molecule has 0 saturated heterocycles. The fourth-order valence-electron chi connectivity index (χ4n) is 3.46. The van der Waals surface area contributed by atoms with Gasteiger partial charge in [-0.1, -0.05) is 24.0 Å². The van der Waals surface area contributed by atoms with Gasteiger partial charge in [0, 0.05) is 29.8 Å². The second-order valence-corrected chi connectivity index (χ2v) is 9.97. The third-order valence-corrected chi connectivity index (χ3v) is 6.48. The smallest absolute Gasteiger partial charge is 0.310 e. The molecule has 2 N–H and O–H groups in total. The number of nitrogens with one attached hydrogen (secondary N) is 2. The highest BCUT2D eigenvalue weighted by molar-refractivity contribution is 7.90. The molecule has 0 spiro atoms. The first-order chi connectivity index (χ1) is 14.9. The van der Waals surface area contributed by atoms with Gasteiger partial charge in [0.1, 0.15) is 5.82 Å². The van der Waals surface area contributed by atoms with Crippen molar-refractivity contribution in [1.29, 1.82) is 0 Å². The monoisotopic (exact) mass is 466 g/mol. The molecule has 0 radical (unpaired) electrons. The van der Waals surface area contributed by atoms with E-state index in [0.717, 1.165) is 18.4 Å². The van der Waals surface area contributed by atoms with Crippen LogP contribution in [0.25, 0.3) is 0 Å². The van der Waals surface area contributed by atoms with Crippen LogP contribution in [0.2, 0.25) is 0 Å². The molecular formula is C22H18F4N2O3S. The Bertz CT molecular complexity index is 1260. The van der Waals surface area contributed by atoms with Gasteiger partial charge >= 0.3 is 12.2 Å². The predicted molar refractivity (Wildman–Crippen MR) is 109 cm³/mol. The molecule has 0 aromatic heterocycles. The van der Waals surface area contributed by atoms with Crippen molar-refractivity contribution < 1.29 is 30.8 Å². The Morgan fingerprint density at radius 1 is 1.16 bits per heavy atom. The number of urea groups is 1. The highest BCUT2D eigenvalue weighted by Crippen LogP contribution is 2.45. The third kappa shape index (κ3) is 4.17. The second kappa shape index (κ2) is 7.52. The van der Waals surface area contributed by atoms with E-state index in [2.05, 4.69) is 17.2 Å². The van der Waals surface area contributed by atoms with Crippen molar-refractivity contribution in [2.24, 2.45) is 5.92 Å². The van der Waals surface area contributed by atoms with Gasteiger partial charge in [-0.15, -0.1) is 0 Å². The summed E-state index contributed by atoms with van der Waals surface area (Å²) in [6.45, 7) is 0. The summed E-state index contributed by atoms with van der Waals surface area (Å²) in [5.74, 6) is 3.66. The molecule has 0 bridgehead atoms. The Hall–Kier alpha value is -3.06. The largest absolute Gasteiger partial charge is 0.427 e. The first-order valence-corrected chi connectivity index (χ1v) is 11.6. The molecule has 32 heavy (non-hydrogen) atoms. The zero-order valence-corrected chi connectivity index (χ0v) is 17.6. The summed E-state index contributed by atoms with van der Waals surface area (Å²) >= 11 is 0. The lowest BCUT2D eigenvalue weighted by molar-refractivity contribution is -0.178. The minimum Gasteiger partial charge on any atom is -0.310 e. The summed E-state index contributed by atoms with van der Waals surface area (Å²) in [7, 11) is -3.40. The average Bonchev–Trinajstić information content (AvgIpc) is 3.50. The fraction of sp³-hybridized carbons (Fsp3) is 0.318. The van der Waals surface area contributed by atoms with Crippen molar-refractivity contribution in [1.82, 2.24) is 5.32 Å². The maximum atomic E-state index is 14.9. The quantitative estimate of drug-likeness (QED) is 0.528. The molecule has 2 amide bonds. The maximum absolute atomic E-state index is 14.9. The number of halogens is 4. The zero-order valence-electron chi connectivity index (χ0n) is 16.8. The van der Waals surface area contributed by atoms with Gasteiger partial charge in [-0.25, -0.2) is 17.6 Å². The molecule has 2 aromatic carbocycles. The van der Waals surface area contributed by atoms with E-state index in [0.29, 0.717) is 18.4 Å². The van der Waals surface area contributed by atoms with Crippen LogP contribution in [0.1, 0.15) is 29.5 Å². The Labute approximate surface area is 182 Å². The van der Waals surface area contributed by atoms with E-state index in [4.69, 9.17) is 0 Å². The van der Waals surface area contributed by atoms with Crippen LogP contribution in [-0.2, 0) is 21.8 Å². The average molecular weight is 466 g/mol. The molecule has 2 aliphatic rings. The highest BCUT2D eigenvalue weighted by Gasteiger charge is 2.59. The molecule has 1 fully saturated rings. The molecule has 5 nitrogen and oxygen atoms in total. The Morgan fingerprint density at radius 3 is 2.38 bits per heavy atom. The lowest BCUT2D eigenvalue weighted by Crippen LogP contribution is -2.59. The number of amides is 2. The number of carbonyl (C=O) groups excluding carboxylic acids is 1. The standard InChI is InChI=1S/C22H18F4N2O3S/c1-32(30,31)16-6-4-14(5-7-16)10-15-11-19-17(12-18(15)23)21(22(24,25)26,28-20(29)27-19)9-8-13-2-3-13/h4-7,11-13H,2-3,10H2,1H3,(H2,27,28,29)/t21-/m0/s1. The van der Waals surface area contributed by atoms with E-state index in [1.165, 1.54) is 24.3 Å². The van der Waals surface area contributed by atoms with Gasteiger partial charge in [-0.05, 0) is 48.2 Å². The molecular weight excluding hydrogens is 448 g/mol. The number of fused-ring (bicyclic) bond motifs is 1. The lowest BCUT2D eigenvalue weighted by atomic mass is 9.85. The number of hydrogen-bond acceptors (Lipinski definition) is 3. The number of hydrogen-bond donors (Lipinski definition) is 2. The van der Waals surface area contributed by atoms with Crippen molar-refractivity contribution in [3.63, 3.8) is 0 Å². The van der Waals surface area contributed by atoms with Crippen LogP contribution in [0.4, 0.5) is 28.0 Å². The summed E-state index contributed by atoms with van der Waals surface area (Å²) in [6.07, 6.45) is -2.56. The molecule has 1 aliphatic carbocycles. The van der Waals surface area contributed by atoms with Gasteiger partial charge < -0.3 is 10.6 Å². The van der Waals surface area contributed by atoms with Crippen molar-refractivity contribution >= 4 is 21.6 Å². The molecule has 1 heterocycles. The van der Waals surface area contributed by atoms with Crippen LogP contribution in [-0.4, -0.2) is 26.9 Å². The minimum absolute atomic E-state index is 0.0147. The summed E-state index contributed by atoms with van der Waals surface area (Å²) in [6, 6.07) is 6.55. The first-order valence-electron chi connectivity index (χ1n) is 9.69. The predicted octanol–water partition coefficient (Wildman–Crippen LogP) is 4.13.